The third-order valence-corrected chi connectivity index (χ3v) is 3.70. The maximum absolute atomic E-state index is 12.4. The highest BCUT2D eigenvalue weighted by Gasteiger charge is 2.49. The maximum atomic E-state index is 12.4. The fourth-order valence-corrected chi connectivity index (χ4v) is 2.34. The van der Waals surface area contributed by atoms with E-state index in [0.717, 1.165) is 0 Å². The van der Waals surface area contributed by atoms with E-state index in [1.54, 1.807) is 31.2 Å². The minimum Gasteiger partial charge on any atom is -0.482 e. The van der Waals surface area contributed by atoms with Gasteiger partial charge >= 0.3 is 5.97 Å². The van der Waals surface area contributed by atoms with E-state index in [1.807, 2.05) is 19.9 Å². The molecule has 1 aromatic carbocycles. The van der Waals surface area contributed by atoms with Crippen LogP contribution >= 0.6 is 0 Å². The summed E-state index contributed by atoms with van der Waals surface area (Å²) < 4.78 is 10.7. The fourth-order valence-electron chi connectivity index (χ4n) is 2.34. The Morgan fingerprint density at radius 3 is 2.48 bits per heavy atom. The molecule has 5 heteroatoms. The van der Waals surface area contributed by atoms with Gasteiger partial charge in [-0.3, -0.25) is 0 Å². The van der Waals surface area contributed by atoms with Gasteiger partial charge in [-0.25, -0.2) is 9.79 Å². The largest absolute Gasteiger partial charge is 0.482 e. The first-order chi connectivity index (χ1) is 9.90. The predicted octanol–water partition coefficient (Wildman–Crippen LogP) is 2.10. The summed E-state index contributed by atoms with van der Waals surface area (Å²) in [5.41, 5.74) is -0.794. The summed E-state index contributed by atoms with van der Waals surface area (Å²) in [5.74, 6) is -0.161. The van der Waals surface area contributed by atoms with E-state index < -0.39 is 23.7 Å². The van der Waals surface area contributed by atoms with Gasteiger partial charge in [0.15, 0.2) is 11.6 Å². The van der Waals surface area contributed by atoms with Crippen LogP contribution in [0.4, 0.5) is 0 Å². The molecule has 3 atom stereocenters. The topological polar surface area (TPSA) is 68.1 Å². The summed E-state index contributed by atoms with van der Waals surface area (Å²) in [6.07, 6.45) is -1.61. The van der Waals surface area contributed by atoms with Crippen LogP contribution in [0, 0.1) is 5.92 Å². The highest BCUT2D eigenvalue weighted by atomic mass is 16.6. The van der Waals surface area contributed by atoms with Gasteiger partial charge in [0.1, 0.15) is 6.10 Å². The van der Waals surface area contributed by atoms with Gasteiger partial charge in [0, 0.05) is 0 Å². The Kier molecular flexibility index (Phi) is 4.32. The minimum absolute atomic E-state index is 0.0473. The van der Waals surface area contributed by atoms with Crippen molar-refractivity contribution in [3.05, 3.63) is 35.9 Å². The van der Waals surface area contributed by atoms with E-state index in [0.29, 0.717) is 11.5 Å². The van der Waals surface area contributed by atoms with Crippen LogP contribution in [0.2, 0.25) is 0 Å². The van der Waals surface area contributed by atoms with E-state index in [4.69, 9.17) is 9.47 Å². The van der Waals surface area contributed by atoms with Crippen LogP contribution in [-0.2, 0) is 14.3 Å². The van der Waals surface area contributed by atoms with Gasteiger partial charge in [0.05, 0.1) is 7.11 Å². The van der Waals surface area contributed by atoms with E-state index in [9.17, 15) is 9.90 Å². The molecule has 1 aromatic rings. The molecule has 0 aliphatic carbocycles. The summed E-state index contributed by atoms with van der Waals surface area (Å²) in [5, 5.41) is 10.5. The van der Waals surface area contributed by atoms with Crippen LogP contribution in [0.15, 0.2) is 35.3 Å². The second-order valence-corrected chi connectivity index (χ2v) is 5.68. The fraction of sp³-hybridized carbons (Fsp3) is 0.500. The average molecular weight is 291 g/mol. The van der Waals surface area contributed by atoms with Crippen molar-refractivity contribution < 1.29 is 19.4 Å². The zero-order chi connectivity index (χ0) is 15.6. The molecule has 114 valence electrons. The molecule has 0 spiro atoms. The van der Waals surface area contributed by atoms with Gasteiger partial charge in [-0.2, -0.15) is 0 Å². The first kappa shape index (κ1) is 15.5. The van der Waals surface area contributed by atoms with Crippen LogP contribution < -0.4 is 0 Å². The number of aliphatic hydroxyl groups excluding tert-OH is 1. The van der Waals surface area contributed by atoms with Crippen LogP contribution in [0.25, 0.3) is 0 Å². The lowest BCUT2D eigenvalue weighted by molar-refractivity contribution is -0.161. The minimum atomic E-state index is -1.40. The summed E-state index contributed by atoms with van der Waals surface area (Å²) in [6.45, 7) is 5.40. The molecule has 1 aliphatic heterocycles. The number of aliphatic imine (C=N–C) groups is 1. The number of cyclic esters (lactones) is 1. The second kappa shape index (κ2) is 5.85. The molecule has 2 rings (SSSR count). The molecule has 0 saturated carbocycles. The Labute approximate surface area is 124 Å². The first-order valence-electron chi connectivity index (χ1n) is 6.98. The summed E-state index contributed by atoms with van der Waals surface area (Å²) >= 11 is 0. The third-order valence-electron chi connectivity index (χ3n) is 3.70. The summed E-state index contributed by atoms with van der Waals surface area (Å²) in [7, 11) is 1.49. The zero-order valence-corrected chi connectivity index (χ0v) is 12.7. The SMILES string of the molecule is COC1=N[C@@](C)([C@@H](O)c2ccccc2)C(=O)O[C@H]1C(C)C. The lowest BCUT2D eigenvalue weighted by Gasteiger charge is -2.36. The Morgan fingerprint density at radius 1 is 1.33 bits per heavy atom. The number of aliphatic hydroxyl groups is 1. The maximum Gasteiger partial charge on any atom is 0.337 e. The van der Waals surface area contributed by atoms with Crippen molar-refractivity contribution in [2.45, 2.75) is 38.5 Å². The Bertz CT molecular complexity index is 540. The highest BCUT2D eigenvalue weighted by Crippen LogP contribution is 2.35. The average Bonchev–Trinajstić information content (AvgIpc) is 2.49. The van der Waals surface area contributed by atoms with E-state index in [2.05, 4.69) is 4.99 Å². The van der Waals surface area contributed by atoms with Crippen molar-refractivity contribution >= 4 is 11.9 Å². The number of esters is 1. The Morgan fingerprint density at radius 2 is 1.95 bits per heavy atom. The normalized spacial score (nSPS) is 27.0. The van der Waals surface area contributed by atoms with Crippen molar-refractivity contribution in [3.63, 3.8) is 0 Å². The molecule has 0 radical (unpaired) electrons. The first-order valence-corrected chi connectivity index (χ1v) is 6.98. The van der Waals surface area contributed by atoms with Gasteiger partial charge in [0.2, 0.25) is 5.90 Å². The summed E-state index contributed by atoms with van der Waals surface area (Å²) in [4.78, 5) is 16.7. The monoisotopic (exact) mass is 291 g/mol. The number of carbonyl (C=O) groups is 1. The second-order valence-electron chi connectivity index (χ2n) is 5.68. The highest BCUT2D eigenvalue weighted by molar-refractivity contribution is 5.94. The molecule has 0 bridgehead atoms. The number of methoxy groups -OCH3 is 1. The van der Waals surface area contributed by atoms with E-state index >= 15 is 0 Å². The zero-order valence-electron chi connectivity index (χ0n) is 12.7. The molecular formula is C16H21NO4. The van der Waals surface area contributed by atoms with Gasteiger partial charge in [-0.15, -0.1) is 0 Å². The predicted molar refractivity (Wildman–Crippen MR) is 79.0 cm³/mol. The molecule has 21 heavy (non-hydrogen) atoms. The van der Waals surface area contributed by atoms with E-state index in [1.165, 1.54) is 7.11 Å². The number of hydrogen-bond donors (Lipinski definition) is 1. The van der Waals surface area contributed by atoms with E-state index in [-0.39, 0.29) is 5.92 Å². The molecular weight excluding hydrogens is 270 g/mol. The van der Waals surface area contributed by atoms with Crippen LogP contribution in [0.5, 0.6) is 0 Å². The molecule has 1 N–H and O–H groups in total. The summed E-state index contributed by atoms with van der Waals surface area (Å²) in [6, 6.07) is 8.94. The smallest absolute Gasteiger partial charge is 0.337 e. The van der Waals surface area contributed by atoms with Gasteiger partial charge in [-0.1, -0.05) is 44.2 Å². The molecule has 1 heterocycles. The number of benzene rings is 1. The molecule has 0 amide bonds. The van der Waals surface area contributed by atoms with Crippen molar-refractivity contribution in [1.82, 2.24) is 0 Å². The number of nitrogens with zero attached hydrogens (tertiary/aromatic N) is 1. The molecule has 5 nitrogen and oxygen atoms in total. The quantitative estimate of drug-likeness (QED) is 0.866. The molecule has 1 aliphatic rings. The molecule has 0 aromatic heterocycles. The Balaban J connectivity index is 2.41. The lowest BCUT2D eigenvalue weighted by atomic mass is 9.88. The third kappa shape index (κ3) is 2.78. The number of hydrogen-bond acceptors (Lipinski definition) is 5. The molecule has 0 saturated heterocycles. The van der Waals surface area contributed by atoms with Crippen molar-refractivity contribution in [3.8, 4) is 0 Å². The van der Waals surface area contributed by atoms with Gasteiger partial charge in [0.25, 0.3) is 0 Å². The number of carbonyl (C=O) groups excluding carboxylic acids is 1. The Hall–Kier alpha value is -1.88. The van der Waals surface area contributed by atoms with Crippen LogP contribution in [0.1, 0.15) is 32.4 Å². The standard InChI is InChI=1S/C16H21NO4/c1-10(2)12-14(20-4)17-16(3,15(19)21-12)13(18)11-8-6-5-7-9-11/h5-10,12-13,18H,1-4H3/t12-,13-,16-/m0/s1. The van der Waals surface area contributed by atoms with Crippen LogP contribution in [-0.4, -0.2) is 35.7 Å². The van der Waals surface area contributed by atoms with Gasteiger partial charge in [-0.05, 0) is 18.4 Å². The van der Waals surface area contributed by atoms with Crippen molar-refractivity contribution in [2.24, 2.45) is 10.9 Å². The van der Waals surface area contributed by atoms with Gasteiger partial charge < -0.3 is 14.6 Å². The number of ether oxygens (including phenoxy) is 2. The molecule has 0 fully saturated rings. The van der Waals surface area contributed by atoms with Crippen molar-refractivity contribution in [2.75, 3.05) is 7.11 Å². The lowest BCUT2D eigenvalue weighted by Crippen LogP contribution is -2.51. The van der Waals surface area contributed by atoms with Crippen LogP contribution in [0.3, 0.4) is 0 Å². The van der Waals surface area contributed by atoms with Crippen molar-refractivity contribution in [1.29, 1.82) is 0 Å². The number of rotatable bonds is 3. The molecule has 0 unspecified atom stereocenters.